The molecule has 2 N–H and O–H groups in total. The first kappa shape index (κ1) is 14.5. The van der Waals surface area contributed by atoms with E-state index in [-0.39, 0.29) is 11.6 Å². The lowest BCUT2D eigenvalue weighted by atomic mass is 9.99. The molecule has 1 aliphatic heterocycles. The van der Waals surface area contributed by atoms with E-state index in [0.717, 1.165) is 32.7 Å². The van der Waals surface area contributed by atoms with Gasteiger partial charge in [0.25, 0.3) is 0 Å². The Hall–Kier alpha value is -0.900. The van der Waals surface area contributed by atoms with E-state index in [1.807, 2.05) is 0 Å². The Morgan fingerprint density at radius 1 is 1.32 bits per heavy atom. The van der Waals surface area contributed by atoms with E-state index in [2.05, 4.69) is 49.9 Å². The maximum Gasteiger partial charge on any atom is 0.0645 e. The minimum atomic E-state index is 0.0725. The number of morpholine rings is 1. The van der Waals surface area contributed by atoms with Gasteiger partial charge in [0, 0.05) is 24.7 Å². The van der Waals surface area contributed by atoms with Crippen LogP contribution < -0.4 is 5.73 Å². The Kier molecular flexibility index (Phi) is 4.61. The van der Waals surface area contributed by atoms with Crippen LogP contribution in [0, 0.1) is 0 Å². The average Bonchev–Trinajstić information content (AvgIpc) is 2.41. The van der Waals surface area contributed by atoms with E-state index in [4.69, 9.17) is 10.5 Å². The molecular weight excluding hydrogens is 236 g/mol. The Morgan fingerprint density at radius 3 is 2.58 bits per heavy atom. The maximum absolute atomic E-state index is 6.36. The molecule has 1 aromatic rings. The fourth-order valence-corrected chi connectivity index (χ4v) is 2.57. The summed E-state index contributed by atoms with van der Waals surface area (Å²) < 4.78 is 5.55. The van der Waals surface area contributed by atoms with Crippen LogP contribution in [-0.4, -0.2) is 36.7 Å². The van der Waals surface area contributed by atoms with Gasteiger partial charge in [-0.1, -0.05) is 31.2 Å². The molecule has 1 fully saturated rings. The summed E-state index contributed by atoms with van der Waals surface area (Å²) in [4.78, 5) is 2.44. The smallest absolute Gasteiger partial charge is 0.0645 e. The van der Waals surface area contributed by atoms with E-state index in [1.54, 1.807) is 0 Å². The predicted molar refractivity (Wildman–Crippen MR) is 79.2 cm³/mol. The van der Waals surface area contributed by atoms with E-state index in [0.29, 0.717) is 0 Å². The Balaban J connectivity index is 2.01. The van der Waals surface area contributed by atoms with Crippen molar-refractivity contribution >= 4 is 0 Å². The SMILES string of the molecule is CCc1ccc(C(N)CN2CCOCC2(C)C)cc1. The van der Waals surface area contributed by atoms with Gasteiger partial charge in [0.1, 0.15) is 0 Å². The summed E-state index contributed by atoms with van der Waals surface area (Å²) in [6.45, 7) is 10.1. The van der Waals surface area contributed by atoms with Crippen LogP contribution in [0.25, 0.3) is 0 Å². The lowest BCUT2D eigenvalue weighted by Crippen LogP contribution is -2.54. The number of ether oxygens (including phenoxy) is 1. The topological polar surface area (TPSA) is 38.5 Å². The van der Waals surface area contributed by atoms with Crippen LogP contribution in [0.4, 0.5) is 0 Å². The van der Waals surface area contributed by atoms with Crippen LogP contribution >= 0.6 is 0 Å². The number of nitrogens with two attached hydrogens (primary N) is 1. The molecule has 1 aromatic carbocycles. The zero-order valence-corrected chi connectivity index (χ0v) is 12.4. The van der Waals surface area contributed by atoms with Crippen molar-refractivity contribution in [3.63, 3.8) is 0 Å². The quantitative estimate of drug-likeness (QED) is 0.905. The van der Waals surface area contributed by atoms with Crippen LogP contribution in [0.5, 0.6) is 0 Å². The van der Waals surface area contributed by atoms with Crippen LogP contribution in [0.2, 0.25) is 0 Å². The highest BCUT2D eigenvalue weighted by atomic mass is 16.5. The molecule has 3 nitrogen and oxygen atoms in total. The van der Waals surface area contributed by atoms with E-state index >= 15 is 0 Å². The highest BCUT2D eigenvalue weighted by Crippen LogP contribution is 2.22. The van der Waals surface area contributed by atoms with Crippen LogP contribution in [-0.2, 0) is 11.2 Å². The molecule has 0 bridgehead atoms. The molecule has 0 radical (unpaired) electrons. The molecule has 0 spiro atoms. The van der Waals surface area contributed by atoms with Crippen molar-refractivity contribution in [1.82, 2.24) is 4.90 Å². The minimum Gasteiger partial charge on any atom is -0.378 e. The Labute approximate surface area is 116 Å². The number of hydrogen-bond donors (Lipinski definition) is 1. The fraction of sp³-hybridized carbons (Fsp3) is 0.625. The van der Waals surface area contributed by atoms with Gasteiger partial charge in [0.15, 0.2) is 0 Å². The van der Waals surface area contributed by atoms with Gasteiger partial charge >= 0.3 is 0 Å². The van der Waals surface area contributed by atoms with E-state index < -0.39 is 0 Å². The van der Waals surface area contributed by atoms with Gasteiger partial charge in [0.05, 0.1) is 13.2 Å². The second-order valence-electron chi connectivity index (χ2n) is 6.01. The third-order valence-corrected chi connectivity index (χ3v) is 4.05. The number of nitrogens with zero attached hydrogens (tertiary/aromatic N) is 1. The molecular formula is C16H26N2O. The maximum atomic E-state index is 6.36. The lowest BCUT2D eigenvalue weighted by Gasteiger charge is -2.43. The molecule has 1 heterocycles. The summed E-state index contributed by atoms with van der Waals surface area (Å²) in [5, 5.41) is 0. The van der Waals surface area contributed by atoms with Crippen LogP contribution in [0.15, 0.2) is 24.3 Å². The predicted octanol–water partition coefficient (Wildman–Crippen LogP) is 2.36. The van der Waals surface area contributed by atoms with Gasteiger partial charge in [-0.3, -0.25) is 4.90 Å². The van der Waals surface area contributed by atoms with Gasteiger partial charge in [-0.15, -0.1) is 0 Å². The molecule has 1 aliphatic rings. The molecule has 1 saturated heterocycles. The number of rotatable bonds is 4. The molecule has 106 valence electrons. The zero-order chi connectivity index (χ0) is 13.9. The first-order valence-electron chi connectivity index (χ1n) is 7.20. The second-order valence-corrected chi connectivity index (χ2v) is 6.01. The van der Waals surface area contributed by atoms with Gasteiger partial charge in [0.2, 0.25) is 0 Å². The summed E-state index contributed by atoms with van der Waals surface area (Å²) in [7, 11) is 0. The standard InChI is InChI=1S/C16H26N2O/c1-4-13-5-7-14(8-6-13)15(17)11-18-9-10-19-12-16(18,2)3/h5-8,15H,4,9-12,17H2,1-3H3. The number of benzene rings is 1. The molecule has 0 aliphatic carbocycles. The molecule has 3 heteroatoms. The largest absolute Gasteiger partial charge is 0.378 e. The third kappa shape index (κ3) is 3.56. The summed E-state index contributed by atoms with van der Waals surface area (Å²) in [6, 6.07) is 8.76. The summed E-state index contributed by atoms with van der Waals surface area (Å²) in [6.07, 6.45) is 1.08. The van der Waals surface area contributed by atoms with Gasteiger partial charge in [-0.05, 0) is 31.4 Å². The molecule has 0 amide bonds. The highest BCUT2D eigenvalue weighted by Gasteiger charge is 2.31. The fourth-order valence-electron chi connectivity index (χ4n) is 2.57. The highest BCUT2D eigenvalue weighted by molar-refractivity contribution is 5.25. The van der Waals surface area contributed by atoms with Crippen molar-refractivity contribution in [3.05, 3.63) is 35.4 Å². The Morgan fingerprint density at radius 2 is 2.00 bits per heavy atom. The van der Waals surface area contributed by atoms with E-state index in [1.165, 1.54) is 11.1 Å². The molecule has 1 atom stereocenters. The van der Waals surface area contributed by atoms with Crippen molar-refractivity contribution in [2.75, 3.05) is 26.3 Å². The second kappa shape index (κ2) is 6.04. The van der Waals surface area contributed by atoms with Gasteiger partial charge in [-0.25, -0.2) is 0 Å². The number of hydrogen-bond acceptors (Lipinski definition) is 3. The Bertz CT molecular complexity index is 400. The average molecular weight is 262 g/mol. The molecule has 19 heavy (non-hydrogen) atoms. The minimum absolute atomic E-state index is 0.0725. The molecule has 0 aromatic heterocycles. The first-order valence-corrected chi connectivity index (χ1v) is 7.20. The van der Waals surface area contributed by atoms with Gasteiger partial charge in [-0.2, -0.15) is 0 Å². The van der Waals surface area contributed by atoms with E-state index in [9.17, 15) is 0 Å². The first-order chi connectivity index (χ1) is 9.03. The van der Waals surface area contributed by atoms with Crippen molar-refractivity contribution in [2.45, 2.75) is 38.8 Å². The normalized spacial score (nSPS) is 21.3. The number of aryl methyl sites for hydroxylation is 1. The van der Waals surface area contributed by atoms with Crippen molar-refractivity contribution in [3.8, 4) is 0 Å². The van der Waals surface area contributed by atoms with Crippen molar-refractivity contribution < 1.29 is 4.74 Å². The molecule has 0 saturated carbocycles. The summed E-state index contributed by atoms with van der Waals surface area (Å²) >= 11 is 0. The third-order valence-electron chi connectivity index (χ3n) is 4.05. The van der Waals surface area contributed by atoms with Crippen LogP contribution in [0.3, 0.4) is 0 Å². The van der Waals surface area contributed by atoms with Crippen molar-refractivity contribution in [2.24, 2.45) is 5.73 Å². The van der Waals surface area contributed by atoms with Crippen molar-refractivity contribution in [1.29, 1.82) is 0 Å². The zero-order valence-electron chi connectivity index (χ0n) is 12.4. The van der Waals surface area contributed by atoms with Gasteiger partial charge < -0.3 is 10.5 Å². The lowest BCUT2D eigenvalue weighted by molar-refractivity contribution is -0.0531. The molecule has 1 unspecified atom stereocenters. The summed E-state index contributed by atoms with van der Waals surface area (Å²) in [5.74, 6) is 0. The summed E-state index contributed by atoms with van der Waals surface area (Å²) in [5.41, 5.74) is 9.02. The monoisotopic (exact) mass is 262 g/mol. The molecule has 2 rings (SSSR count). The van der Waals surface area contributed by atoms with Crippen LogP contribution in [0.1, 0.15) is 37.9 Å².